The first kappa shape index (κ1) is 29.8. The minimum absolute atomic E-state index is 0.238. The number of carbonyl (C=O) groups excluding carboxylic acids is 2. The molecular weight excluding hydrogens is 564 g/mol. The summed E-state index contributed by atoms with van der Waals surface area (Å²) in [6.45, 7) is 7.03. The van der Waals surface area contributed by atoms with Gasteiger partial charge in [0.15, 0.2) is 0 Å². The van der Waals surface area contributed by atoms with E-state index < -0.39 is 0 Å². The number of nitrogens with one attached hydrogen (secondary N) is 2. The monoisotopic (exact) mass is 596 g/mol. The van der Waals surface area contributed by atoms with Gasteiger partial charge in [-0.1, -0.05) is 135 Å². The summed E-state index contributed by atoms with van der Waals surface area (Å²) in [6, 6.07) is 41.1. The zero-order valence-corrected chi connectivity index (χ0v) is 25.2. The van der Waals surface area contributed by atoms with E-state index in [-0.39, 0.29) is 11.8 Å². The number of hydrogen-bond acceptors (Lipinski definition) is 2. The van der Waals surface area contributed by atoms with Gasteiger partial charge in [0.1, 0.15) is 0 Å². The Bertz CT molecular complexity index is 2000. The lowest BCUT2D eigenvalue weighted by atomic mass is 9.86. The number of hydrogen-bond donors (Lipinski definition) is 2. The van der Waals surface area contributed by atoms with Gasteiger partial charge in [-0.2, -0.15) is 0 Å². The first-order valence-electron chi connectivity index (χ1n) is 15.0. The van der Waals surface area contributed by atoms with Crippen LogP contribution >= 0.6 is 0 Å². The Kier molecular flexibility index (Phi) is 8.80. The van der Waals surface area contributed by atoms with Crippen molar-refractivity contribution < 1.29 is 9.59 Å². The van der Waals surface area contributed by atoms with Crippen LogP contribution in [0.4, 0.5) is 11.4 Å². The van der Waals surface area contributed by atoms with Crippen molar-refractivity contribution in [3.05, 3.63) is 169 Å². The van der Waals surface area contributed by atoms with E-state index in [2.05, 4.69) is 121 Å². The summed E-state index contributed by atoms with van der Waals surface area (Å²) in [5.74, 6) is -0.476. The summed E-state index contributed by atoms with van der Waals surface area (Å²) < 4.78 is 0. The van der Waals surface area contributed by atoms with Crippen molar-refractivity contribution in [3.8, 4) is 11.1 Å². The van der Waals surface area contributed by atoms with Gasteiger partial charge in [-0.15, -0.1) is 0 Å². The van der Waals surface area contributed by atoms with E-state index in [1.165, 1.54) is 22.9 Å². The molecule has 0 radical (unpaired) electrons. The molecule has 2 amide bonds. The molecule has 4 nitrogen and oxygen atoms in total. The number of amides is 2. The van der Waals surface area contributed by atoms with Crippen molar-refractivity contribution in [1.82, 2.24) is 0 Å². The predicted octanol–water partition coefficient (Wildman–Crippen LogP) is 10.2. The fourth-order valence-corrected chi connectivity index (χ4v) is 5.53. The molecule has 0 aliphatic rings. The SMILES string of the molecule is C=CC(=O)Nc1ccc(/C=C\c2ccc3ccccc3c2-c2c(/C=C\c3ccc(NC(=O)C=C)cc3)ccc3ccccc23)cc1. The first-order valence-corrected chi connectivity index (χ1v) is 15.0. The van der Waals surface area contributed by atoms with Crippen LogP contribution in [-0.4, -0.2) is 11.8 Å². The molecule has 2 N–H and O–H groups in total. The van der Waals surface area contributed by atoms with Gasteiger partial charge >= 0.3 is 0 Å². The second-order valence-corrected chi connectivity index (χ2v) is 10.8. The van der Waals surface area contributed by atoms with Gasteiger partial charge in [0.2, 0.25) is 11.8 Å². The molecule has 0 unspecified atom stereocenters. The lowest BCUT2D eigenvalue weighted by Gasteiger charge is -2.17. The van der Waals surface area contributed by atoms with Crippen molar-refractivity contribution in [2.75, 3.05) is 10.6 Å². The molecule has 222 valence electrons. The van der Waals surface area contributed by atoms with Crippen LogP contribution in [-0.2, 0) is 9.59 Å². The second-order valence-electron chi connectivity index (χ2n) is 10.8. The van der Waals surface area contributed by atoms with Crippen molar-refractivity contribution >= 4 is 69.0 Å². The quantitative estimate of drug-likeness (QED) is 0.129. The van der Waals surface area contributed by atoms with Crippen molar-refractivity contribution in [3.63, 3.8) is 0 Å². The predicted molar refractivity (Wildman–Crippen MR) is 195 cm³/mol. The van der Waals surface area contributed by atoms with Crippen LogP contribution in [0.5, 0.6) is 0 Å². The third-order valence-corrected chi connectivity index (χ3v) is 7.81. The maximum Gasteiger partial charge on any atom is 0.247 e. The molecule has 0 heterocycles. The molecule has 46 heavy (non-hydrogen) atoms. The summed E-state index contributed by atoms with van der Waals surface area (Å²) in [6.07, 6.45) is 11.0. The molecule has 0 saturated carbocycles. The molecule has 0 aliphatic heterocycles. The van der Waals surface area contributed by atoms with Gasteiger partial charge in [-0.25, -0.2) is 0 Å². The molecule has 0 spiro atoms. The second kappa shape index (κ2) is 13.6. The molecule has 0 aromatic heterocycles. The highest BCUT2D eigenvalue weighted by Crippen LogP contribution is 2.40. The summed E-state index contributed by atoms with van der Waals surface area (Å²) in [7, 11) is 0. The molecule has 6 aromatic carbocycles. The number of anilines is 2. The van der Waals surface area contributed by atoms with Crippen LogP contribution in [0.2, 0.25) is 0 Å². The van der Waals surface area contributed by atoms with E-state index >= 15 is 0 Å². The molecule has 0 saturated heterocycles. The summed E-state index contributed by atoms with van der Waals surface area (Å²) in [4.78, 5) is 23.4. The highest BCUT2D eigenvalue weighted by atomic mass is 16.2. The maximum atomic E-state index is 11.7. The van der Waals surface area contributed by atoms with Gasteiger partial charge in [0.05, 0.1) is 0 Å². The van der Waals surface area contributed by atoms with E-state index in [1.807, 2.05) is 48.5 Å². The zero-order chi connectivity index (χ0) is 31.9. The summed E-state index contributed by atoms with van der Waals surface area (Å²) in [5, 5.41) is 10.3. The summed E-state index contributed by atoms with van der Waals surface area (Å²) in [5.41, 5.74) is 7.97. The van der Waals surface area contributed by atoms with Crippen molar-refractivity contribution in [2.24, 2.45) is 0 Å². The smallest absolute Gasteiger partial charge is 0.247 e. The van der Waals surface area contributed by atoms with E-state index in [0.717, 1.165) is 55.5 Å². The van der Waals surface area contributed by atoms with Gasteiger partial charge in [-0.05, 0) is 91.3 Å². The third kappa shape index (κ3) is 6.62. The summed E-state index contributed by atoms with van der Waals surface area (Å²) >= 11 is 0. The van der Waals surface area contributed by atoms with E-state index in [0.29, 0.717) is 0 Å². The first-order chi connectivity index (χ1) is 22.5. The maximum absolute atomic E-state index is 11.7. The Hall–Kier alpha value is -6.26. The average molecular weight is 597 g/mol. The normalized spacial score (nSPS) is 11.2. The molecule has 0 fully saturated rings. The Labute approximate surface area is 268 Å². The molecule has 4 heteroatoms. The van der Waals surface area contributed by atoms with Crippen LogP contribution in [0.1, 0.15) is 22.3 Å². The lowest BCUT2D eigenvalue weighted by molar-refractivity contribution is -0.112. The molecule has 0 aliphatic carbocycles. The van der Waals surface area contributed by atoms with Crippen LogP contribution in [0, 0.1) is 0 Å². The topological polar surface area (TPSA) is 58.2 Å². The zero-order valence-electron chi connectivity index (χ0n) is 25.2. The van der Waals surface area contributed by atoms with Crippen molar-refractivity contribution in [1.29, 1.82) is 0 Å². The number of fused-ring (bicyclic) bond motifs is 2. The minimum Gasteiger partial charge on any atom is -0.323 e. The van der Waals surface area contributed by atoms with Gasteiger partial charge in [-0.3, -0.25) is 9.59 Å². The van der Waals surface area contributed by atoms with Gasteiger partial charge in [0.25, 0.3) is 0 Å². The van der Waals surface area contributed by atoms with Gasteiger partial charge < -0.3 is 10.6 Å². The molecule has 0 bridgehead atoms. The van der Waals surface area contributed by atoms with Crippen LogP contribution in [0.3, 0.4) is 0 Å². The highest BCUT2D eigenvalue weighted by molar-refractivity contribution is 6.11. The van der Waals surface area contributed by atoms with Crippen molar-refractivity contribution in [2.45, 2.75) is 0 Å². The highest BCUT2D eigenvalue weighted by Gasteiger charge is 2.15. The largest absolute Gasteiger partial charge is 0.323 e. The fraction of sp³-hybridized carbons (Fsp3) is 0. The third-order valence-electron chi connectivity index (χ3n) is 7.81. The van der Waals surface area contributed by atoms with Crippen LogP contribution in [0.15, 0.2) is 147 Å². The van der Waals surface area contributed by atoms with E-state index in [1.54, 1.807) is 0 Å². The van der Waals surface area contributed by atoms with Gasteiger partial charge in [0, 0.05) is 11.4 Å². The van der Waals surface area contributed by atoms with Crippen LogP contribution in [0.25, 0.3) is 57.0 Å². The average Bonchev–Trinajstić information content (AvgIpc) is 3.10. The molecule has 6 aromatic rings. The van der Waals surface area contributed by atoms with E-state index in [9.17, 15) is 9.59 Å². The number of benzene rings is 6. The molecule has 6 rings (SSSR count). The number of rotatable bonds is 9. The molecule has 0 atom stereocenters. The van der Waals surface area contributed by atoms with Crippen LogP contribution < -0.4 is 10.6 Å². The lowest BCUT2D eigenvalue weighted by Crippen LogP contribution is -2.06. The fourth-order valence-electron chi connectivity index (χ4n) is 5.53. The Morgan fingerprint density at radius 2 is 0.848 bits per heavy atom. The molecular formula is C42H32N2O2. The van der Waals surface area contributed by atoms with E-state index in [4.69, 9.17) is 0 Å². The standard InChI is InChI=1S/C42H32N2O2/c1-3-39(45)43-35-25-15-29(16-26-35)13-19-33-23-21-31-9-5-7-11-37(31)41(33)42-34(24-22-32-10-6-8-12-38(32)42)20-14-30-17-27-36(28-18-30)44-40(46)4-2/h3-28H,1-2H2,(H,43,45)(H,44,46)/b19-13-,20-14-. The minimum atomic E-state index is -0.238. The number of carbonyl (C=O) groups is 2. The Morgan fingerprint density at radius 1 is 0.457 bits per heavy atom. The Morgan fingerprint density at radius 3 is 1.24 bits per heavy atom. The Balaban J connectivity index is 1.46.